The van der Waals surface area contributed by atoms with Gasteiger partial charge >= 0.3 is 0 Å². The largest absolute Gasteiger partial charge is 0.315 e. The molecule has 5 nitrogen and oxygen atoms in total. The van der Waals surface area contributed by atoms with Gasteiger partial charge in [0.25, 0.3) is 0 Å². The van der Waals surface area contributed by atoms with Crippen molar-refractivity contribution in [3.63, 3.8) is 0 Å². The van der Waals surface area contributed by atoms with Crippen molar-refractivity contribution in [2.45, 2.75) is 44.9 Å². The first-order valence-electron chi connectivity index (χ1n) is 6.93. The first kappa shape index (κ1) is 15.9. The molecule has 0 aromatic carbocycles. The van der Waals surface area contributed by atoms with E-state index in [0.717, 1.165) is 39.0 Å². The zero-order chi connectivity index (χ0) is 13.6. The lowest BCUT2D eigenvalue weighted by atomic mass is 10.2. The summed E-state index contributed by atoms with van der Waals surface area (Å²) in [5, 5.41) is 2.87. The number of piperidine rings is 1. The Kier molecular flexibility index (Phi) is 6.55. The average molecular weight is 277 g/mol. The molecule has 0 bridgehead atoms. The van der Waals surface area contributed by atoms with Crippen molar-refractivity contribution in [1.29, 1.82) is 0 Å². The highest BCUT2D eigenvalue weighted by Gasteiger charge is 2.28. The topological polar surface area (TPSA) is 61.4 Å². The quantitative estimate of drug-likeness (QED) is 0.707. The Morgan fingerprint density at radius 2 is 2.06 bits per heavy atom. The van der Waals surface area contributed by atoms with E-state index in [-0.39, 0.29) is 11.3 Å². The van der Waals surface area contributed by atoms with E-state index < -0.39 is 10.0 Å². The van der Waals surface area contributed by atoms with Crippen LogP contribution in [-0.2, 0) is 10.0 Å². The summed E-state index contributed by atoms with van der Waals surface area (Å²) in [6, 6.07) is -0.0307. The van der Waals surface area contributed by atoms with E-state index in [4.69, 9.17) is 0 Å². The van der Waals surface area contributed by atoms with Crippen molar-refractivity contribution in [3.8, 4) is 0 Å². The Labute approximate surface area is 111 Å². The molecule has 0 spiro atoms. The minimum atomic E-state index is -3.18. The van der Waals surface area contributed by atoms with E-state index in [1.54, 1.807) is 0 Å². The molecule has 1 rings (SSSR count). The molecule has 0 aromatic heterocycles. The molecular formula is C12H27N3O2S. The summed E-state index contributed by atoms with van der Waals surface area (Å²) in [6.07, 6.45) is 1.70. The fourth-order valence-corrected chi connectivity index (χ4v) is 4.01. The lowest BCUT2D eigenvalue weighted by molar-refractivity contribution is 0.282. The van der Waals surface area contributed by atoms with E-state index in [1.165, 1.54) is 0 Å². The van der Waals surface area contributed by atoms with Crippen LogP contribution in [0.5, 0.6) is 0 Å². The minimum absolute atomic E-state index is 0.0307. The van der Waals surface area contributed by atoms with Crippen molar-refractivity contribution in [1.82, 2.24) is 14.9 Å². The van der Waals surface area contributed by atoms with Crippen molar-refractivity contribution in [2.75, 3.05) is 32.7 Å². The number of nitrogens with zero attached hydrogens (tertiary/aromatic N) is 1. The Balaban J connectivity index is 2.48. The molecule has 0 saturated carbocycles. The fraction of sp³-hybridized carbons (Fsp3) is 1.00. The van der Waals surface area contributed by atoms with Gasteiger partial charge < -0.3 is 10.2 Å². The molecule has 0 aromatic rings. The molecule has 108 valence electrons. The smallest absolute Gasteiger partial charge is 0.216 e. The fourth-order valence-electron chi connectivity index (χ4n) is 2.37. The SMILES string of the molecule is CCN(CC)CC(C)NS(=O)(=O)C1CCCNC1. The summed E-state index contributed by atoms with van der Waals surface area (Å²) in [7, 11) is -3.18. The highest BCUT2D eigenvalue weighted by atomic mass is 32.2. The van der Waals surface area contributed by atoms with Gasteiger partial charge in [-0.05, 0) is 39.4 Å². The number of likely N-dealkylation sites (N-methyl/N-ethyl adjacent to an activating group) is 1. The number of nitrogens with one attached hydrogen (secondary N) is 2. The molecule has 1 aliphatic heterocycles. The van der Waals surface area contributed by atoms with Gasteiger partial charge in [-0.15, -0.1) is 0 Å². The Hall–Kier alpha value is -0.170. The van der Waals surface area contributed by atoms with Crippen LogP contribution in [0.1, 0.15) is 33.6 Å². The maximum absolute atomic E-state index is 12.2. The third-order valence-corrected chi connectivity index (χ3v) is 5.49. The molecular weight excluding hydrogens is 250 g/mol. The Morgan fingerprint density at radius 3 is 2.56 bits per heavy atom. The summed E-state index contributed by atoms with van der Waals surface area (Å²) < 4.78 is 27.2. The lowest BCUT2D eigenvalue weighted by Crippen LogP contribution is -2.49. The summed E-state index contributed by atoms with van der Waals surface area (Å²) in [6.45, 7) is 10.3. The summed E-state index contributed by atoms with van der Waals surface area (Å²) >= 11 is 0. The van der Waals surface area contributed by atoms with Crippen LogP contribution in [0.3, 0.4) is 0 Å². The van der Waals surface area contributed by atoms with Crippen LogP contribution in [0.4, 0.5) is 0 Å². The normalized spacial score (nSPS) is 23.2. The molecule has 1 aliphatic rings. The maximum Gasteiger partial charge on any atom is 0.216 e. The average Bonchev–Trinajstić information content (AvgIpc) is 2.36. The second-order valence-corrected chi connectivity index (χ2v) is 7.01. The van der Waals surface area contributed by atoms with Crippen molar-refractivity contribution in [2.24, 2.45) is 0 Å². The number of sulfonamides is 1. The molecule has 2 unspecified atom stereocenters. The van der Waals surface area contributed by atoms with E-state index in [1.807, 2.05) is 6.92 Å². The highest BCUT2D eigenvalue weighted by molar-refractivity contribution is 7.90. The van der Waals surface area contributed by atoms with Gasteiger partial charge in [0.15, 0.2) is 0 Å². The van der Waals surface area contributed by atoms with Crippen LogP contribution in [-0.4, -0.2) is 57.3 Å². The third kappa shape index (κ3) is 4.84. The number of hydrogen-bond acceptors (Lipinski definition) is 4. The van der Waals surface area contributed by atoms with E-state index >= 15 is 0 Å². The van der Waals surface area contributed by atoms with Crippen molar-refractivity contribution < 1.29 is 8.42 Å². The van der Waals surface area contributed by atoms with Gasteiger partial charge in [-0.3, -0.25) is 0 Å². The first-order valence-corrected chi connectivity index (χ1v) is 8.48. The van der Waals surface area contributed by atoms with Crippen LogP contribution < -0.4 is 10.0 Å². The summed E-state index contributed by atoms with van der Waals surface area (Å²) in [5.74, 6) is 0. The molecule has 2 N–H and O–H groups in total. The predicted octanol–water partition coefficient (Wildman–Crippen LogP) is 0.388. The van der Waals surface area contributed by atoms with Crippen LogP contribution >= 0.6 is 0 Å². The molecule has 2 atom stereocenters. The highest BCUT2D eigenvalue weighted by Crippen LogP contribution is 2.11. The number of hydrogen-bond donors (Lipinski definition) is 2. The minimum Gasteiger partial charge on any atom is -0.315 e. The molecule has 6 heteroatoms. The molecule has 0 radical (unpaired) electrons. The van der Waals surface area contributed by atoms with Crippen LogP contribution in [0.25, 0.3) is 0 Å². The molecule has 18 heavy (non-hydrogen) atoms. The molecule has 1 saturated heterocycles. The predicted molar refractivity (Wildman–Crippen MR) is 75.2 cm³/mol. The summed E-state index contributed by atoms with van der Waals surface area (Å²) in [4.78, 5) is 2.23. The molecule has 0 amide bonds. The van der Waals surface area contributed by atoms with E-state index in [2.05, 4.69) is 28.8 Å². The third-order valence-electron chi connectivity index (χ3n) is 3.48. The van der Waals surface area contributed by atoms with Crippen LogP contribution in [0.2, 0.25) is 0 Å². The Morgan fingerprint density at radius 1 is 1.39 bits per heavy atom. The van der Waals surface area contributed by atoms with Crippen molar-refractivity contribution >= 4 is 10.0 Å². The zero-order valence-corrected chi connectivity index (χ0v) is 12.6. The van der Waals surface area contributed by atoms with Gasteiger partial charge in [0.2, 0.25) is 10.0 Å². The molecule has 1 heterocycles. The van der Waals surface area contributed by atoms with E-state index in [0.29, 0.717) is 6.54 Å². The number of rotatable bonds is 7. The van der Waals surface area contributed by atoms with Crippen molar-refractivity contribution in [3.05, 3.63) is 0 Å². The van der Waals surface area contributed by atoms with Gasteiger partial charge in [-0.25, -0.2) is 13.1 Å². The second-order valence-electron chi connectivity index (χ2n) is 5.02. The van der Waals surface area contributed by atoms with Gasteiger partial charge in [-0.1, -0.05) is 13.8 Å². The van der Waals surface area contributed by atoms with Gasteiger partial charge in [0.05, 0.1) is 5.25 Å². The first-order chi connectivity index (χ1) is 8.49. The van der Waals surface area contributed by atoms with Gasteiger partial charge in [0, 0.05) is 19.1 Å². The molecule has 1 fully saturated rings. The maximum atomic E-state index is 12.2. The standard InChI is InChI=1S/C12H27N3O2S/c1-4-15(5-2)10-11(3)14-18(16,17)12-7-6-8-13-9-12/h11-14H,4-10H2,1-3H3. The lowest BCUT2D eigenvalue weighted by Gasteiger charge is -2.27. The van der Waals surface area contributed by atoms with Crippen LogP contribution in [0.15, 0.2) is 0 Å². The Bertz CT molecular complexity index is 322. The van der Waals surface area contributed by atoms with Gasteiger partial charge in [0.1, 0.15) is 0 Å². The second kappa shape index (κ2) is 7.43. The summed E-state index contributed by atoms with van der Waals surface area (Å²) in [5.41, 5.74) is 0. The van der Waals surface area contributed by atoms with Gasteiger partial charge in [-0.2, -0.15) is 0 Å². The molecule has 0 aliphatic carbocycles. The van der Waals surface area contributed by atoms with E-state index in [9.17, 15) is 8.42 Å². The zero-order valence-electron chi connectivity index (χ0n) is 11.8. The van der Waals surface area contributed by atoms with Crippen LogP contribution in [0, 0.1) is 0 Å². The monoisotopic (exact) mass is 277 g/mol.